The summed E-state index contributed by atoms with van der Waals surface area (Å²) in [5, 5.41) is 35.7. The molecule has 8 heteroatoms. The molecule has 0 aromatic heterocycles. The van der Waals surface area contributed by atoms with E-state index in [0.29, 0.717) is 30.2 Å². The fourth-order valence-electron chi connectivity index (χ4n) is 3.26. The van der Waals surface area contributed by atoms with Crippen molar-refractivity contribution in [2.45, 2.75) is 6.10 Å². The van der Waals surface area contributed by atoms with E-state index in [1.807, 2.05) is 30.3 Å². The average Bonchev–Trinajstić information content (AvgIpc) is 2.78. The van der Waals surface area contributed by atoms with Gasteiger partial charge in [0, 0.05) is 30.3 Å². The summed E-state index contributed by atoms with van der Waals surface area (Å²) in [6.07, 6.45) is -0.658. The van der Waals surface area contributed by atoms with Gasteiger partial charge in [0.25, 0.3) is 0 Å². The van der Waals surface area contributed by atoms with Crippen LogP contribution in [0.25, 0.3) is 11.1 Å². The zero-order chi connectivity index (χ0) is 23.1. The van der Waals surface area contributed by atoms with Crippen molar-refractivity contribution in [2.24, 2.45) is 0 Å². The Labute approximate surface area is 190 Å². The highest BCUT2D eigenvalue weighted by Crippen LogP contribution is 2.25. The van der Waals surface area contributed by atoms with E-state index >= 15 is 0 Å². The van der Waals surface area contributed by atoms with Crippen LogP contribution in [0.4, 0.5) is 5.69 Å². The van der Waals surface area contributed by atoms with Gasteiger partial charge in [-0.25, -0.2) is 9.59 Å². The molecule has 0 aliphatic rings. The van der Waals surface area contributed by atoms with E-state index in [0.717, 1.165) is 16.8 Å². The number of hydrogen-bond acceptors (Lipinski definition) is 5. The minimum Gasteiger partial charge on any atom is -0.478 e. The molecule has 0 saturated heterocycles. The summed E-state index contributed by atoms with van der Waals surface area (Å²) in [6.45, 7) is 1.60. The second-order valence-corrected chi connectivity index (χ2v) is 7.59. The molecule has 0 radical (unpaired) electrons. The van der Waals surface area contributed by atoms with Crippen LogP contribution < -0.4 is 10.6 Å². The first-order valence-electron chi connectivity index (χ1n) is 9.94. The van der Waals surface area contributed by atoms with Crippen molar-refractivity contribution in [3.8, 4) is 11.1 Å². The lowest BCUT2D eigenvalue weighted by molar-refractivity contribution is 0.0651. The number of hydrogen-bond donors (Lipinski definition) is 5. The monoisotopic (exact) mass is 454 g/mol. The average molecular weight is 455 g/mol. The van der Waals surface area contributed by atoms with Crippen LogP contribution in [-0.4, -0.2) is 46.9 Å². The molecule has 1 atom stereocenters. The number of rotatable bonds is 10. The molecular weight excluding hydrogens is 432 g/mol. The number of aliphatic hydroxyl groups excluding tert-OH is 1. The third-order valence-electron chi connectivity index (χ3n) is 4.88. The van der Waals surface area contributed by atoms with Crippen molar-refractivity contribution in [1.82, 2.24) is 5.32 Å². The Morgan fingerprint density at radius 2 is 1.56 bits per heavy atom. The highest BCUT2D eigenvalue weighted by Gasteiger charge is 2.17. The van der Waals surface area contributed by atoms with Crippen LogP contribution in [0.5, 0.6) is 0 Å². The SMILES string of the molecule is O=C(O)c1ccc(-c2cccc(NCCNC[C@H](O)c3cccc(Cl)c3)c2)cc1C(=O)O. The van der Waals surface area contributed by atoms with Crippen LogP contribution in [0.3, 0.4) is 0 Å². The molecule has 3 aromatic rings. The van der Waals surface area contributed by atoms with E-state index < -0.39 is 18.0 Å². The van der Waals surface area contributed by atoms with E-state index in [9.17, 15) is 24.9 Å². The molecular formula is C24H23ClN2O5. The largest absolute Gasteiger partial charge is 0.478 e. The minimum atomic E-state index is -1.29. The summed E-state index contributed by atoms with van der Waals surface area (Å²) in [5.41, 5.74) is 2.45. The molecule has 0 amide bonds. The molecule has 0 aliphatic carbocycles. The van der Waals surface area contributed by atoms with Gasteiger partial charge in [-0.1, -0.05) is 41.9 Å². The van der Waals surface area contributed by atoms with Crippen molar-refractivity contribution in [3.63, 3.8) is 0 Å². The maximum Gasteiger partial charge on any atom is 0.336 e. The molecule has 0 bridgehead atoms. The highest BCUT2D eigenvalue weighted by atomic mass is 35.5. The first-order valence-corrected chi connectivity index (χ1v) is 10.3. The lowest BCUT2D eigenvalue weighted by Gasteiger charge is -2.14. The lowest BCUT2D eigenvalue weighted by Crippen LogP contribution is -2.26. The molecule has 3 rings (SSSR count). The van der Waals surface area contributed by atoms with Gasteiger partial charge in [-0.15, -0.1) is 0 Å². The van der Waals surface area contributed by atoms with Gasteiger partial charge in [-0.2, -0.15) is 0 Å². The van der Waals surface area contributed by atoms with E-state index in [-0.39, 0.29) is 11.1 Å². The molecule has 3 aromatic carbocycles. The highest BCUT2D eigenvalue weighted by molar-refractivity contribution is 6.30. The number of aliphatic hydroxyl groups is 1. The summed E-state index contributed by atoms with van der Waals surface area (Å²) in [5.74, 6) is -2.57. The van der Waals surface area contributed by atoms with Crippen LogP contribution in [-0.2, 0) is 0 Å². The molecule has 0 saturated carbocycles. The molecule has 166 valence electrons. The molecule has 0 spiro atoms. The molecule has 0 unspecified atom stereocenters. The van der Waals surface area contributed by atoms with Gasteiger partial charge in [0.15, 0.2) is 0 Å². The Bertz CT molecular complexity index is 1120. The number of carbonyl (C=O) groups is 2. The van der Waals surface area contributed by atoms with Gasteiger partial charge in [0.1, 0.15) is 0 Å². The van der Waals surface area contributed by atoms with Gasteiger partial charge in [0.05, 0.1) is 17.2 Å². The lowest BCUT2D eigenvalue weighted by atomic mass is 9.98. The number of anilines is 1. The van der Waals surface area contributed by atoms with Gasteiger partial charge in [0.2, 0.25) is 0 Å². The third kappa shape index (κ3) is 6.07. The number of nitrogens with one attached hydrogen (secondary N) is 2. The summed E-state index contributed by atoms with van der Waals surface area (Å²) < 4.78 is 0. The Morgan fingerprint density at radius 3 is 2.28 bits per heavy atom. The quantitative estimate of drug-likeness (QED) is 0.292. The fourth-order valence-corrected chi connectivity index (χ4v) is 3.46. The Kier molecular flexibility index (Phi) is 7.83. The van der Waals surface area contributed by atoms with Crippen molar-refractivity contribution < 1.29 is 24.9 Å². The van der Waals surface area contributed by atoms with Gasteiger partial charge in [-0.05, 0) is 53.1 Å². The van der Waals surface area contributed by atoms with E-state index in [2.05, 4.69) is 10.6 Å². The first-order chi connectivity index (χ1) is 15.3. The number of benzene rings is 3. The molecule has 0 fully saturated rings. The third-order valence-corrected chi connectivity index (χ3v) is 5.11. The minimum absolute atomic E-state index is 0.249. The Balaban J connectivity index is 1.57. The van der Waals surface area contributed by atoms with Crippen LogP contribution in [0.15, 0.2) is 66.7 Å². The normalized spacial score (nSPS) is 11.7. The molecule has 7 nitrogen and oxygen atoms in total. The summed E-state index contributed by atoms with van der Waals surface area (Å²) >= 11 is 5.95. The van der Waals surface area contributed by atoms with Crippen LogP contribution in [0, 0.1) is 0 Å². The summed E-state index contributed by atoms with van der Waals surface area (Å²) in [7, 11) is 0. The number of carboxylic acids is 2. The van der Waals surface area contributed by atoms with Crippen molar-refractivity contribution in [1.29, 1.82) is 0 Å². The predicted octanol–water partition coefficient (Wildman–Crippen LogP) is 4.14. The summed E-state index contributed by atoms with van der Waals surface area (Å²) in [6, 6.07) is 18.8. The van der Waals surface area contributed by atoms with Gasteiger partial charge < -0.3 is 26.0 Å². The smallest absolute Gasteiger partial charge is 0.336 e. The Morgan fingerprint density at radius 1 is 0.844 bits per heavy atom. The molecule has 0 heterocycles. The van der Waals surface area contributed by atoms with E-state index in [4.69, 9.17) is 11.6 Å². The zero-order valence-corrected chi connectivity index (χ0v) is 17.8. The topological polar surface area (TPSA) is 119 Å². The Hall–Kier alpha value is -3.39. The maximum absolute atomic E-state index is 11.4. The zero-order valence-electron chi connectivity index (χ0n) is 17.1. The standard InChI is InChI=1S/C24H23ClN2O5/c25-18-5-1-4-17(11-18)22(28)14-26-9-10-27-19-6-2-3-15(12-19)16-7-8-20(23(29)30)21(13-16)24(31)32/h1-8,11-13,22,26-28H,9-10,14H2,(H,29,30)(H,31,32)/t22-/m0/s1. The van der Waals surface area contributed by atoms with Crippen LogP contribution >= 0.6 is 11.6 Å². The number of aromatic carboxylic acids is 2. The van der Waals surface area contributed by atoms with Crippen molar-refractivity contribution in [2.75, 3.05) is 25.0 Å². The molecule has 5 N–H and O–H groups in total. The number of carboxylic acid groups (broad SMARTS) is 2. The fraction of sp³-hybridized carbons (Fsp3) is 0.167. The van der Waals surface area contributed by atoms with Crippen molar-refractivity contribution in [3.05, 3.63) is 88.4 Å². The predicted molar refractivity (Wildman–Crippen MR) is 124 cm³/mol. The first kappa shape index (κ1) is 23.3. The van der Waals surface area contributed by atoms with Gasteiger partial charge >= 0.3 is 11.9 Å². The second kappa shape index (κ2) is 10.8. The van der Waals surface area contributed by atoms with Crippen molar-refractivity contribution >= 4 is 29.2 Å². The van der Waals surface area contributed by atoms with E-state index in [1.54, 1.807) is 24.3 Å². The van der Waals surface area contributed by atoms with Crippen LogP contribution in [0.1, 0.15) is 32.4 Å². The van der Waals surface area contributed by atoms with Crippen LogP contribution in [0.2, 0.25) is 5.02 Å². The second-order valence-electron chi connectivity index (χ2n) is 7.15. The molecule has 0 aliphatic heterocycles. The number of halogens is 1. The molecule has 32 heavy (non-hydrogen) atoms. The maximum atomic E-state index is 11.4. The summed E-state index contributed by atoms with van der Waals surface area (Å²) in [4.78, 5) is 22.7. The van der Waals surface area contributed by atoms with E-state index in [1.165, 1.54) is 12.1 Å². The van der Waals surface area contributed by atoms with Gasteiger partial charge in [-0.3, -0.25) is 0 Å².